The summed E-state index contributed by atoms with van der Waals surface area (Å²) in [6, 6.07) is 8.51. The van der Waals surface area contributed by atoms with E-state index in [0.29, 0.717) is 55.3 Å². The van der Waals surface area contributed by atoms with Gasteiger partial charge in [-0.25, -0.2) is 4.79 Å². The Kier molecular flexibility index (Phi) is 9.18. The Balaban J connectivity index is 1.96. The van der Waals surface area contributed by atoms with Crippen LogP contribution >= 0.6 is 0 Å². The quantitative estimate of drug-likeness (QED) is 0.358. The zero-order valence-electron chi connectivity index (χ0n) is 18.3. The molecule has 2 N–H and O–H groups in total. The molecule has 0 atom stereocenters. The molecule has 0 fully saturated rings. The molecule has 0 bridgehead atoms. The van der Waals surface area contributed by atoms with Gasteiger partial charge >= 0.3 is 5.97 Å². The molecular weight excluding hydrogens is 400 g/mol. The van der Waals surface area contributed by atoms with Crippen molar-refractivity contribution in [3.8, 4) is 23.0 Å². The van der Waals surface area contributed by atoms with Crippen molar-refractivity contribution in [1.82, 2.24) is 0 Å². The highest BCUT2D eigenvalue weighted by molar-refractivity contribution is 5.97. The van der Waals surface area contributed by atoms with Crippen LogP contribution in [0.3, 0.4) is 0 Å². The van der Waals surface area contributed by atoms with Crippen LogP contribution in [0, 0.1) is 0 Å². The molecule has 7 nitrogen and oxygen atoms in total. The molecule has 2 rings (SSSR count). The molecule has 0 aliphatic rings. The number of carboxylic acid groups (broad SMARTS) is 1. The Labute approximate surface area is 182 Å². The second-order valence-electron chi connectivity index (χ2n) is 7.10. The number of aryl methyl sites for hydroxylation is 1. The largest absolute Gasteiger partial charge is 0.507 e. The molecule has 2 aromatic carbocycles. The molecule has 0 radical (unpaired) electrons. The number of ether oxygens (including phenoxy) is 3. The Morgan fingerprint density at radius 1 is 0.968 bits per heavy atom. The average Bonchev–Trinajstić information content (AvgIpc) is 2.73. The highest BCUT2D eigenvalue weighted by Crippen LogP contribution is 2.31. The van der Waals surface area contributed by atoms with Gasteiger partial charge in [-0.05, 0) is 43.5 Å². The van der Waals surface area contributed by atoms with Crippen LogP contribution in [0.2, 0.25) is 0 Å². The van der Waals surface area contributed by atoms with Crippen molar-refractivity contribution < 1.29 is 34.0 Å². The van der Waals surface area contributed by atoms with E-state index in [1.807, 2.05) is 19.9 Å². The van der Waals surface area contributed by atoms with Gasteiger partial charge in [0, 0.05) is 18.1 Å². The second kappa shape index (κ2) is 11.8. The van der Waals surface area contributed by atoms with E-state index >= 15 is 0 Å². The van der Waals surface area contributed by atoms with Crippen molar-refractivity contribution in [2.75, 3.05) is 19.8 Å². The molecule has 0 aliphatic heterocycles. The number of carbonyl (C=O) groups excluding carboxylic acids is 1. The predicted octanol–water partition coefficient (Wildman–Crippen LogP) is 4.42. The summed E-state index contributed by atoms with van der Waals surface area (Å²) in [5.41, 5.74) is 2.00. The maximum Gasteiger partial charge on any atom is 0.341 e. The molecule has 31 heavy (non-hydrogen) atoms. The number of aliphatic carboxylic acids is 1. The van der Waals surface area contributed by atoms with Gasteiger partial charge in [0.15, 0.2) is 12.4 Å². The van der Waals surface area contributed by atoms with Crippen LogP contribution in [0.15, 0.2) is 30.3 Å². The molecule has 0 spiro atoms. The van der Waals surface area contributed by atoms with E-state index in [1.165, 1.54) is 13.0 Å². The maximum absolute atomic E-state index is 11.6. The fraction of sp³-hybridized carbons (Fsp3) is 0.417. The summed E-state index contributed by atoms with van der Waals surface area (Å²) >= 11 is 0. The van der Waals surface area contributed by atoms with Crippen molar-refractivity contribution in [1.29, 1.82) is 0 Å². The molecule has 0 unspecified atom stereocenters. The van der Waals surface area contributed by atoms with Crippen LogP contribution in [0.5, 0.6) is 23.0 Å². The van der Waals surface area contributed by atoms with Crippen molar-refractivity contribution >= 4 is 11.8 Å². The topological polar surface area (TPSA) is 102 Å². The number of ketones is 1. The average molecular weight is 430 g/mol. The van der Waals surface area contributed by atoms with Gasteiger partial charge in [0.25, 0.3) is 0 Å². The van der Waals surface area contributed by atoms with E-state index in [9.17, 15) is 14.7 Å². The lowest BCUT2D eigenvalue weighted by molar-refractivity contribution is -0.139. The number of phenols is 1. The van der Waals surface area contributed by atoms with Gasteiger partial charge in [0.05, 0.1) is 18.8 Å². The number of aromatic hydroxyl groups is 1. The first-order chi connectivity index (χ1) is 14.9. The highest BCUT2D eigenvalue weighted by atomic mass is 16.5. The van der Waals surface area contributed by atoms with E-state index in [-0.39, 0.29) is 11.5 Å². The number of carbonyl (C=O) groups is 2. The summed E-state index contributed by atoms with van der Waals surface area (Å²) in [6.45, 7) is 5.79. The zero-order chi connectivity index (χ0) is 22.8. The molecule has 0 heterocycles. The highest BCUT2D eigenvalue weighted by Gasteiger charge is 2.14. The predicted molar refractivity (Wildman–Crippen MR) is 117 cm³/mol. The third-order valence-corrected chi connectivity index (χ3v) is 4.68. The van der Waals surface area contributed by atoms with E-state index in [0.717, 1.165) is 17.5 Å². The summed E-state index contributed by atoms with van der Waals surface area (Å²) < 4.78 is 17.1. The van der Waals surface area contributed by atoms with Crippen LogP contribution < -0.4 is 14.2 Å². The minimum Gasteiger partial charge on any atom is -0.507 e. The lowest BCUT2D eigenvalue weighted by Crippen LogP contribution is -2.12. The summed E-state index contributed by atoms with van der Waals surface area (Å²) in [5.74, 6) is 0.442. The minimum atomic E-state index is -1.03. The first-order valence-electron chi connectivity index (χ1n) is 10.5. The maximum atomic E-state index is 11.6. The van der Waals surface area contributed by atoms with Crippen LogP contribution in [0.4, 0.5) is 0 Å². The molecule has 0 amide bonds. The molecule has 0 aliphatic carbocycles. The fourth-order valence-electron chi connectivity index (χ4n) is 3.18. The standard InChI is InChI=1S/C24H30O7/c1-4-8-18-21(9-6-10-22(18)31-15-24(27)28)29-11-7-12-30-23-14-20(26)19(16(3)25)13-17(23)5-2/h6,9-10,13-14,26H,4-5,7-8,11-12,15H2,1-3H3,(H,27,28). The summed E-state index contributed by atoms with van der Waals surface area (Å²) in [7, 11) is 0. The molecule has 7 heteroatoms. The number of Topliss-reactive ketones (excluding diaryl/α,β-unsaturated/α-hetero) is 1. The number of phenolic OH excluding ortho intramolecular Hbond substituents is 1. The van der Waals surface area contributed by atoms with E-state index < -0.39 is 12.6 Å². The second-order valence-corrected chi connectivity index (χ2v) is 7.10. The molecule has 0 aromatic heterocycles. The van der Waals surface area contributed by atoms with Crippen LogP contribution in [0.1, 0.15) is 55.1 Å². The van der Waals surface area contributed by atoms with Crippen molar-refractivity contribution in [3.63, 3.8) is 0 Å². The minimum absolute atomic E-state index is 0.0849. The molecule has 168 valence electrons. The lowest BCUT2D eigenvalue weighted by atomic mass is 10.0. The van der Waals surface area contributed by atoms with Crippen LogP contribution in [0.25, 0.3) is 0 Å². The lowest BCUT2D eigenvalue weighted by Gasteiger charge is -2.16. The zero-order valence-corrected chi connectivity index (χ0v) is 18.3. The van der Waals surface area contributed by atoms with Crippen molar-refractivity contribution in [2.45, 2.75) is 46.5 Å². The smallest absolute Gasteiger partial charge is 0.341 e. The van der Waals surface area contributed by atoms with Gasteiger partial charge in [0.2, 0.25) is 0 Å². The third kappa shape index (κ3) is 6.91. The first-order valence-corrected chi connectivity index (χ1v) is 10.5. The van der Waals surface area contributed by atoms with Crippen molar-refractivity contribution in [3.05, 3.63) is 47.0 Å². The van der Waals surface area contributed by atoms with E-state index in [1.54, 1.807) is 18.2 Å². The molecular formula is C24H30O7. The van der Waals surface area contributed by atoms with E-state index in [4.69, 9.17) is 19.3 Å². The normalized spacial score (nSPS) is 10.5. The van der Waals surface area contributed by atoms with Gasteiger partial charge in [0.1, 0.15) is 23.0 Å². The third-order valence-electron chi connectivity index (χ3n) is 4.68. The van der Waals surface area contributed by atoms with Gasteiger partial charge in [-0.3, -0.25) is 4.79 Å². The van der Waals surface area contributed by atoms with Gasteiger partial charge in [-0.1, -0.05) is 26.3 Å². The van der Waals surface area contributed by atoms with Crippen molar-refractivity contribution in [2.24, 2.45) is 0 Å². The van der Waals surface area contributed by atoms with E-state index in [2.05, 4.69) is 0 Å². The summed E-state index contributed by atoms with van der Waals surface area (Å²) in [4.78, 5) is 22.4. The number of carboxylic acids is 1. The Hall–Kier alpha value is -3.22. The van der Waals surface area contributed by atoms with Gasteiger partial charge in [-0.2, -0.15) is 0 Å². The Bertz CT molecular complexity index is 905. The molecule has 2 aromatic rings. The number of hydrogen-bond acceptors (Lipinski definition) is 6. The monoisotopic (exact) mass is 430 g/mol. The fourth-order valence-corrected chi connectivity index (χ4v) is 3.18. The molecule has 0 saturated heterocycles. The van der Waals surface area contributed by atoms with Gasteiger partial charge in [-0.15, -0.1) is 0 Å². The summed E-state index contributed by atoms with van der Waals surface area (Å²) in [5, 5.41) is 18.9. The van der Waals surface area contributed by atoms with Crippen LogP contribution in [-0.4, -0.2) is 41.8 Å². The first kappa shape index (κ1) is 24.1. The Morgan fingerprint density at radius 3 is 2.19 bits per heavy atom. The summed E-state index contributed by atoms with van der Waals surface area (Å²) in [6.07, 6.45) is 2.86. The van der Waals surface area contributed by atoms with Gasteiger partial charge < -0.3 is 24.4 Å². The number of benzene rings is 2. The number of hydrogen-bond donors (Lipinski definition) is 2. The SMILES string of the molecule is CCCc1c(OCCCOc2cc(O)c(C(C)=O)cc2CC)cccc1OCC(=O)O. The van der Waals surface area contributed by atoms with Crippen LogP contribution in [-0.2, 0) is 17.6 Å². The number of rotatable bonds is 13. The molecule has 0 saturated carbocycles. The Morgan fingerprint density at radius 2 is 1.61 bits per heavy atom.